The first-order valence-corrected chi connectivity index (χ1v) is 13.9. The molecule has 0 radical (unpaired) electrons. The summed E-state index contributed by atoms with van der Waals surface area (Å²) in [6, 6.07) is 1.97. The Balaban J connectivity index is 1.81. The predicted molar refractivity (Wildman–Crippen MR) is 138 cm³/mol. The molecule has 1 heterocycles. The lowest BCUT2D eigenvalue weighted by atomic mass is 10.0. The maximum Gasteiger partial charge on any atom is 0.104 e. The standard InChI is InChI=1S/C27H48BrNO3/c1-2-3-4-5-6-7-8-9-10-11-12-13-14-15-16-17-18-31-24-27(22-30)32-23-25-19-26(28)21-29-20-25/h19-21,27,30H,2-18,22-24H2,1H3. The van der Waals surface area contributed by atoms with Gasteiger partial charge in [0, 0.05) is 23.5 Å². The normalized spacial score (nSPS) is 12.3. The van der Waals surface area contributed by atoms with E-state index in [4.69, 9.17) is 9.47 Å². The molecule has 0 aromatic carbocycles. The Morgan fingerprint density at radius 3 is 1.84 bits per heavy atom. The summed E-state index contributed by atoms with van der Waals surface area (Å²) in [6.07, 6.45) is 25.2. The predicted octanol–water partition coefficient (Wildman–Crippen LogP) is 8.00. The summed E-state index contributed by atoms with van der Waals surface area (Å²) in [6.45, 7) is 3.88. The number of aliphatic hydroxyl groups is 1. The Labute approximate surface area is 206 Å². The lowest BCUT2D eigenvalue weighted by Gasteiger charge is -2.15. The third-order valence-corrected chi connectivity index (χ3v) is 6.33. The van der Waals surface area contributed by atoms with Crippen LogP contribution >= 0.6 is 15.9 Å². The van der Waals surface area contributed by atoms with Gasteiger partial charge in [0.25, 0.3) is 0 Å². The van der Waals surface area contributed by atoms with E-state index in [1.54, 1.807) is 12.4 Å². The summed E-state index contributed by atoms with van der Waals surface area (Å²) in [7, 11) is 0. The summed E-state index contributed by atoms with van der Waals surface area (Å²) in [5.74, 6) is 0. The maximum atomic E-state index is 9.47. The number of unbranched alkanes of at least 4 members (excludes halogenated alkanes) is 15. The number of halogens is 1. The molecule has 0 fully saturated rings. The van der Waals surface area contributed by atoms with E-state index in [0.29, 0.717) is 13.2 Å². The fourth-order valence-corrected chi connectivity index (χ4v) is 4.28. The highest BCUT2D eigenvalue weighted by molar-refractivity contribution is 9.10. The van der Waals surface area contributed by atoms with Crippen molar-refractivity contribution in [2.24, 2.45) is 0 Å². The minimum atomic E-state index is -0.282. The van der Waals surface area contributed by atoms with Gasteiger partial charge in [0.15, 0.2) is 0 Å². The highest BCUT2D eigenvalue weighted by Gasteiger charge is 2.08. The van der Waals surface area contributed by atoms with Crippen LogP contribution in [0.15, 0.2) is 22.9 Å². The molecule has 4 nitrogen and oxygen atoms in total. The maximum absolute atomic E-state index is 9.47. The van der Waals surface area contributed by atoms with E-state index >= 15 is 0 Å². The van der Waals surface area contributed by atoms with Gasteiger partial charge in [-0.15, -0.1) is 0 Å². The smallest absolute Gasteiger partial charge is 0.104 e. The largest absolute Gasteiger partial charge is 0.394 e. The Morgan fingerprint density at radius 1 is 0.812 bits per heavy atom. The third kappa shape index (κ3) is 18.0. The van der Waals surface area contributed by atoms with Crippen molar-refractivity contribution in [3.8, 4) is 0 Å². The molecule has 0 spiro atoms. The molecule has 1 aromatic rings. The topological polar surface area (TPSA) is 51.6 Å². The molecule has 0 aliphatic heterocycles. The molecule has 1 aromatic heterocycles. The van der Waals surface area contributed by atoms with Crippen molar-refractivity contribution >= 4 is 15.9 Å². The Bertz CT molecular complexity index is 529. The van der Waals surface area contributed by atoms with Gasteiger partial charge in [-0.25, -0.2) is 0 Å². The van der Waals surface area contributed by atoms with Gasteiger partial charge in [-0.05, 0) is 34.0 Å². The second-order valence-electron chi connectivity index (χ2n) is 9.01. The molecule has 5 heteroatoms. The quantitative estimate of drug-likeness (QED) is 0.150. The summed E-state index contributed by atoms with van der Waals surface area (Å²) in [4.78, 5) is 4.12. The van der Waals surface area contributed by atoms with Crippen molar-refractivity contribution in [3.63, 3.8) is 0 Å². The summed E-state index contributed by atoms with van der Waals surface area (Å²) in [5.41, 5.74) is 0.982. The second-order valence-corrected chi connectivity index (χ2v) is 9.92. The SMILES string of the molecule is CCCCCCCCCCCCCCCCCCOCC(CO)OCc1cncc(Br)c1. The van der Waals surface area contributed by atoms with Gasteiger partial charge in [-0.2, -0.15) is 0 Å². The Hall–Kier alpha value is -0.490. The minimum absolute atomic E-state index is 0.0274. The monoisotopic (exact) mass is 513 g/mol. The van der Waals surface area contributed by atoms with E-state index in [-0.39, 0.29) is 12.7 Å². The lowest BCUT2D eigenvalue weighted by molar-refractivity contribution is -0.0503. The van der Waals surface area contributed by atoms with E-state index in [1.807, 2.05) is 6.07 Å². The van der Waals surface area contributed by atoms with E-state index in [1.165, 1.54) is 96.3 Å². The number of hydrogen-bond acceptors (Lipinski definition) is 4. The van der Waals surface area contributed by atoms with Gasteiger partial charge in [0.1, 0.15) is 6.10 Å². The number of nitrogens with zero attached hydrogens (tertiary/aromatic N) is 1. The van der Waals surface area contributed by atoms with Crippen molar-refractivity contribution in [2.45, 2.75) is 122 Å². The number of ether oxygens (including phenoxy) is 2. The molecular formula is C27H48BrNO3. The first-order chi connectivity index (χ1) is 15.8. The molecule has 1 unspecified atom stereocenters. The van der Waals surface area contributed by atoms with Gasteiger partial charge in [0.2, 0.25) is 0 Å². The zero-order valence-electron chi connectivity index (χ0n) is 20.5. The van der Waals surface area contributed by atoms with Crippen LogP contribution in [0, 0.1) is 0 Å². The van der Waals surface area contributed by atoms with Crippen LogP contribution in [-0.4, -0.2) is 36.0 Å². The molecule has 186 valence electrons. The van der Waals surface area contributed by atoms with Gasteiger partial charge in [-0.1, -0.05) is 103 Å². The fourth-order valence-electron chi connectivity index (χ4n) is 3.87. The Kier molecular flexibility index (Phi) is 20.6. The number of aromatic nitrogens is 1. The molecule has 0 amide bonds. The second kappa shape index (κ2) is 22.3. The van der Waals surface area contributed by atoms with E-state index < -0.39 is 0 Å². The first kappa shape index (κ1) is 29.5. The van der Waals surface area contributed by atoms with Crippen molar-refractivity contribution in [1.29, 1.82) is 0 Å². The third-order valence-electron chi connectivity index (χ3n) is 5.90. The Morgan fingerprint density at radius 2 is 1.34 bits per heavy atom. The molecule has 0 aliphatic carbocycles. The molecule has 0 saturated heterocycles. The highest BCUT2D eigenvalue weighted by Crippen LogP contribution is 2.14. The molecule has 1 rings (SSSR count). The fraction of sp³-hybridized carbons (Fsp3) is 0.815. The van der Waals surface area contributed by atoms with Crippen LogP contribution in [0.4, 0.5) is 0 Å². The van der Waals surface area contributed by atoms with Crippen LogP contribution < -0.4 is 0 Å². The number of aliphatic hydroxyl groups excluding tert-OH is 1. The van der Waals surface area contributed by atoms with Crippen molar-refractivity contribution < 1.29 is 14.6 Å². The van der Waals surface area contributed by atoms with Crippen molar-refractivity contribution in [3.05, 3.63) is 28.5 Å². The van der Waals surface area contributed by atoms with Crippen molar-refractivity contribution in [2.75, 3.05) is 19.8 Å². The average Bonchev–Trinajstić information content (AvgIpc) is 2.80. The lowest BCUT2D eigenvalue weighted by Crippen LogP contribution is -2.24. The van der Waals surface area contributed by atoms with Gasteiger partial charge < -0.3 is 14.6 Å². The summed E-state index contributed by atoms with van der Waals surface area (Å²) >= 11 is 3.40. The molecule has 1 atom stereocenters. The van der Waals surface area contributed by atoms with Crippen LogP contribution in [0.5, 0.6) is 0 Å². The molecule has 32 heavy (non-hydrogen) atoms. The first-order valence-electron chi connectivity index (χ1n) is 13.2. The molecule has 0 saturated carbocycles. The van der Waals surface area contributed by atoms with E-state index in [0.717, 1.165) is 23.1 Å². The molecule has 0 aliphatic rings. The number of hydrogen-bond donors (Lipinski definition) is 1. The summed E-state index contributed by atoms with van der Waals surface area (Å²) in [5, 5.41) is 9.47. The molecule has 1 N–H and O–H groups in total. The van der Waals surface area contributed by atoms with Crippen LogP contribution in [0.2, 0.25) is 0 Å². The van der Waals surface area contributed by atoms with Crippen LogP contribution in [0.1, 0.15) is 115 Å². The highest BCUT2D eigenvalue weighted by atomic mass is 79.9. The van der Waals surface area contributed by atoms with Crippen LogP contribution in [0.3, 0.4) is 0 Å². The summed E-state index contributed by atoms with van der Waals surface area (Å²) < 4.78 is 12.4. The minimum Gasteiger partial charge on any atom is -0.394 e. The molecular weight excluding hydrogens is 466 g/mol. The van der Waals surface area contributed by atoms with Gasteiger partial charge in [0.05, 0.1) is 19.8 Å². The number of rotatable bonds is 23. The van der Waals surface area contributed by atoms with E-state index in [9.17, 15) is 5.11 Å². The zero-order chi connectivity index (χ0) is 23.1. The van der Waals surface area contributed by atoms with E-state index in [2.05, 4.69) is 27.8 Å². The average molecular weight is 515 g/mol. The van der Waals surface area contributed by atoms with Gasteiger partial charge in [-0.3, -0.25) is 4.98 Å². The zero-order valence-corrected chi connectivity index (χ0v) is 22.1. The van der Waals surface area contributed by atoms with Crippen LogP contribution in [0.25, 0.3) is 0 Å². The van der Waals surface area contributed by atoms with Crippen LogP contribution in [-0.2, 0) is 16.1 Å². The van der Waals surface area contributed by atoms with Gasteiger partial charge >= 0.3 is 0 Å². The number of pyridine rings is 1. The molecule has 0 bridgehead atoms. The van der Waals surface area contributed by atoms with Crippen molar-refractivity contribution in [1.82, 2.24) is 4.98 Å².